The fourth-order valence-corrected chi connectivity index (χ4v) is 1.72. The van der Waals surface area contributed by atoms with Gasteiger partial charge in [-0.2, -0.15) is 0 Å². The molecule has 0 unspecified atom stereocenters. The summed E-state index contributed by atoms with van der Waals surface area (Å²) in [4.78, 5) is 10.4. The molecular weight excluding hydrogens is 248 g/mol. The topological polar surface area (TPSA) is 73.6 Å². The van der Waals surface area contributed by atoms with Crippen LogP contribution in [0.25, 0.3) is 0 Å². The van der Waals surface area contributed by atoms with E-state index in [0.717, 1.165) is 5.56 Å². The second kappa shape index (κ2) is 6.49. The van der Waals surface area contributed by atoms with Gasteiger partial charge in [-0.25, -0.2) is 0 Å². The van der Waals surface area contributed by atoms with Crippen LogP contribution in [0.4, 0.5) is 5.69 Å². The molecule has 0 saturated carbocycles. The number of non-ortho nitro benzene ring substituents is 1. The monoisotopic (exact) mass is 268 g/mol. The van der Waals surface area contributed by atoms with Crippen molar-refractivity contribution in [3.63, 3.8) is 0 Å². The van der Waals surface area contributed by atoms with Crippen molar-refractivity contribution in [2.45, 2.75) is 25.9 Å². The van der Waals surface area contributed by atoms with Gasteiger partial charge in [-0.05, 0) is 25.5 Å². The number of nitro groups is 1. The van der Waals surface area contributed by atoms with Gasteiger partial charge in [-0.1, -0.05) is 0 Å². The molecule has 0 aromatic heterocycles. The third-order valence-corrected chi connectivity index (χ3v) is 2.67. The highest BCUT2D eigenvalue weighted by atomic mass is 16.6. The number of ether oxygens (including phenoxy) is 2. The number of rotatable bonds is 7. The first kappa shape index (κ1) is 15.4. The first-order valence-electron chi connectivity index (χ1n) is 5.94. The van der Waals surface area contributed by atoms with E-state index in [1.165, 1.54) is 13.2 Å². The van der Waals surface area contributed by atoms with Crippen LogP contribution in [0.1, 0.15) is 19.4 Å². The molecule has 0 heterocycles. The molecule has 0 spiro atoms. The van der Waals surface area contributed by atoms with E-state index in [1.54, 1.807) is 19.2 Å². The van der Waals surface area contributed by atoms with Crippen molar-refractivity contribution in [2.24, 2.45) is 0 Å². The molecule has 0 aliphatic heterocycles. The van der Waals surface area contributed by atoms with E-state index in [9.17, 15) is 10.1 Å². The summed E-state index contributed by atoms with van der Waals surface area (Å²) in [7, 11) is 3.13. The predicted molar refractivity (Wildman–Crippen MR) is 72.4 cm³/mol. The highest BCUT2D eigenvalue weighted by molar-refractivity contribution is 5.42. The molecule has 106 valence electrons. The maximum absolute atomic E-state index is 10.8. The number of methoxy groups -OCH3 is 2. The molecule has 0 radical (unpaired) electrons. The maximum Gasteiger partial charge on any atom is 0.273 e. The number of hydrogen-bond acceptors (Lipinski definition) is 5. The molecule has 0 aliphatic rings. The van der Waals surface area contributed by atoms with Crippen molar-refractivity contribution in [1.29, 1.82) is 0 Å². The van der Waals surface area contributed by atoms with Crippen molar-refractivity contribution < 1.29 is 14.4 Å². The molecule has 0 aliphatic carbocycles. The van der Waals surface area contributed by atoms with Gasteiger partial charge in [0.15, 0.2) is 0 Å². The van der Waals surface area contributed by atoms with E-state index in [1.807, 2.05) is 13.8 Å². The molecule has 1 rings (SSSR count). The summed E-state index contributed by atoms with van der Waals surface area (Å²) in [6.45, 7) is 5.07. The Morgan fingerprint density at radius 1 is 1.32 bits per heavy atom. The highest BCUT2D eigenvalue weighted by Crippen LogP contribution is 2.22. The Kier molecular flexibility index (Phi) is 5.26. The van der Waals surface area contributed by atoms with Crippen LogP contribution < -0.4 is 10.1 Å². The Balaban J connectivity index is 2.83. The third-order valence-electron chi connectivity index (χ3n) is 2.67. The van der Waals surface area contributed by atoms with E-state index < -0.39 is 4.92 Å². The zero-order valence-corrected chi connectivity index (χ0v) is 11.7. The zero-order chi connectivity index (χ0) is 14.5. The van der Waals surface area contributed by atoms with E-state index >= 15 is 0 Å². The van der Waals surface area contributed by atoms with E-state index in [2.05, 4.69) is 5.32 Å². The second-order valence-electron chi connectivity index (χ2n) is 4.97. The summed E-state index contributed by atoms with van der Waals surface area (Å²) in [5, 5.41) is 14.1. The molecule has 1 N–H and O–H groups in total. The molecule has 0 fully saturated rings. The van der Waals surface area contributed by atoms with Crippen LogP contribution >= 0.6 is 0 Å². The van der Waals surface area contributed by atoms with Gasteiger partial charge in [0.2, 0.25) is 0 Å². The summed E-state index contributed by atoms with van der Waals surface area (Å²) in [5.74, 6) is 0.482. The van der Waals surface area contributed by atoms with Gasteiger partial charge in [0, 0.05) is 25.3 Å². The van der Waals surface area contributed by atoms with Crippen molar-refractivity contribution in [3.8, 4) is 5.75 Å². The molecule has 6 heteroatoms. The van der Waals surface area contributed by atoms with E-state index in [4.69, 9.17) is 9.47 Å². The first-order valence-corrected chi connectivity index (χ1v) is 5.94. The van der Waals surface area contributed by atoms with Crippen molar-refractivity contribution >= 4 is 5.69 Å². The Morgan fingerprint density at radius 3 is 2.53 bits per heavy atom. The fraction of sp³-hybridized carbons (Fsp3) is 0.538. The summed E-state index contributed by atoms with van der Waals surface area (Å²) in [5.41, 5.74) is 0.628. The van der Waals surface area contributed by atoms with Gasteiger partial charge in [-0.15, -0.1) is 0 Å². The van der Waals surface area contributed by atoms with Crippen molar-refractivity contribution in [3.05, 3.63) is 33.9 Å². The van der Waals surface area contributed by atoms with E-state index in [-0.39, 0.29) is 11.2 Å². The summed E-state index contributed by atoms with van der Waals surface area (Å²) < 4.78 is 10.2. The quantitative estimate of drug-likeness (QED) is 0.605. The van der Waals surface area contributed by atoms with E-state index in [0.29, 0.717) is 18.9 Å². The largest absolute Gasteiger partial charge is 0.496 e. The Bertz CT molecular complexity index is 446. The van der Waals surface area contributed by atoms with Gasteiger partial charge < -0.3 is 14.8 Å². The zero-order valence-electron chi connectivity index (χ0n) is 11.7. The SMILES string of the molecule is COCC(C)(C)NCc1cc(OC)cc([N+](=O)[O-])c1. The van der Waals surface area contributed by atoms with Crippen LogP contribution in [-0.2, 0) is 11.3 Å². The van der Waals surface area contributed by atoms with Crippen LogP contribution in [0.2, 0.25) is 0 Å². The van der Waals surface area contributed by atoms with Crippen LogP contribution in [0.15, 0.2) is 18.2 Å². The lowest BCUT2D eigenvalue weighted by molar-refractivity contribution is -0.385. The maximum atomic E-state index is 10.8. The van der Waals surface area contributed by atoms with Crippen molar-refractivity contribution in [2.75, 3.05) is 20.8 Å². The van der Waals surface area contributed by atoms with Gasteiger partial charge in [0.05, 0.1) is 24.7 Å². The third kappa shape index (κ3) is 4.84. The normalized spacial score (nSPS) is 11.4. The summed E-state index contributed by atoms with van der Waals surface area (Å²) >= 11 is 0. The number of nitro benzene ring substituents is 1. The summed E-state index contributed by atoms with van der Waals surface area (Å²) in [6.07, 6.45) is 0. The number of nitrogens with zero attached hydrogens (tertiary/aromatic N) is 1. The molecule has 1 aromatic rings. The van der Waals surface area contributed by atoms with Crippen LogP contribution in [0.5, 0.6) is 5.75 Å². The van der Waals surface area contributed by atoms with Gasteiger partial charge >= 0.3 is 0 Å². The first-order chi connectivity index (χ1) is 8.88. The van der Waals surface area contributed by atoms with Gasteiger partial charge in [0.1, 0.15) is 5.75 Å². The second-order valence-corrected chi connectivity index (χ2v) is 4.97. The average Bonchev–Trinajstić information content (AvgIpc) is 2.36. The minimum atomic E-state index is -0.424. The lowest BCUT2D eigenvalue weighted by atomic mass is 10.1. The molecule has 6 nitrogen and oxygen atoms in total. The standard InChI is InChI=1S/C13H20N2O4/c1-13(2,9-18-3)14-8-10-5-11(15(16)17)7-12(6-10)19-4/h5-7,14H,8-9H2,1-4H3. The smallest absolute Gasteiger partial charge is 0.273 e. The van der Waals surface area contributed by atoms with Crippen molar-refractivity contribution in [1.82, 2.24) is 5.32 Å². The minimum absolute atomic E-state index is 0.0284. The molecule has 1 aromatic carbocycles. The number of nitrogens with one attached hydrogen (secondary N) is 1. The lowest BCUT2D eigenvalue weighted by Crippen LogP contribution is -2.42. The molecule has 0 saturated heterocycles. The lowest BCUT2D eigenvalue weighted by Gasteiger charge is -2.25. The number of benzene rings is 1. The Hall–Kier alpha value is -1.66. The van der Waals surface area contributed by atoms with Gasteiger partial charge in [0.25, 0.3) is 5.69 Å². The molecule has 0 amide bonds. The summed E-state index contributed by atoms with van der Waals surface area (Å²) in [6, 6.07) is 4.73. The van der Waals surface area contributed by atoms with Gasteiger partial charge in [-0.3, -0.25) is 10.1 Å². The molecular formula is C13H20N2O4. The fourth-order valence-electron chi connectivity index (χ4n) is 1.72. The molecule has 19 heavy (non-hydrogen) atoms. The predicted octanol–water partition coefficient (Wildman–Crippen LogP) is 2.12. The number of hydrogen-bond donors (Lipinski definition) is 1. The Labute approximate surface area is 112 Å². The Morgan fingerprint density at radius 2 is 2.00 bits per heavy atom. The van der Waals surface area contributed by atoms with Crippen LogP contribution in [-0.4, -0.2) is 31.3 Å². The van der Waals surface area contributed by atoms with Crippen LogP contribution in [0.3, 0.4) is 0 Å². The minimum Gasteiger partial charge on any atom is -0.496 e. The van der Waals surface area contributed by atoms with Crippen LogP contribution in [0, 0.1) is 10.1 Å². The molecule has 0 bridgehead atoms. The molecule has 0 atom stereocenters. The highest BCUT2D eigenvalue weighted by Gasteiger charge is 2.17. The average molecular weight is 268 g/mol.